The lowest BCUT2D eigenvalue weighted by Gasteiger charge is -2.42. The molecule has 0 atom stereocenters. The Kier molecular flexibility index (Phi) is 6.98. The minimum atomic E-state index is -0.219. The highest BCUT2D eigenvalue weighted by atomic mass is 16.3. The molecule has 13 aromatic rings. The van der Waals surface area contributed by atoms with E-state index in [1.165, 1.54) is 38.4 Å². The van der Waals surface area contributed by atoms with Crippen LogP contribution in [0.5, 0.6) is 0 Å². The van der Waals surface area contributed by atoms with Crippen LogP contribution in [0.4, 0.5) is 11.4 Å². The zero-order valence-electron chi connectivity index (χ0n) is 36.5. The highest BCUT2D eigenvalue weighted by molar-refractivity contribution is 6.94. The molecule has 0 bridgehead atoms. The standard InChI is InChI=1S/C60H39BN2O3/c1-60(2,3)36-22-24-37(25-23-36)63-49-33-55-44(38-18-10-13-21-52(38)65-55)28-42(49)40-26-27-41-43-29-45-39-19-11-12-20-51(39)64-54(45)32-48(43)62-50-30-46-53(31-47(50)61(63)57(40)58(41)62)66-59(35-16-8-5-9-17-35)56(46)34-14-6-4-7-15-34/h4-33H,1-3H3. The molecule has 0 saturated carbocycles. The number of hydrogen-bond donors (Lipinski definition) is 0. The molecule has 0 aliphatic carbocycles. The van der Waals surface area contributed by atoms with Gasteiger partial charge in [0, 0.05) is 83.6 Å². The molecule has 6 heteroatoms. The first-order valence-corrected chi connectivity index (χ1v) is 22.9. The van der Waals surface area contributed by atoms with E-state index >= 15 is 0 Å². The zero-order valence-corrected chi connectivity index (χ0v) is 36.5. The molecule has 6 heterocycles. The van der Waals surface area contributed by atoms with Crippen molar-refractivity contribution in [2.24, 2.45) is 0 Å². The molecule has 4 aromatic heterocycles. The van der Waals surface area contributed by atoms with E-state index in [1.54, 1.807) is 0 Å². The van der Waals surface area contributed by atoms with Gasteiger partial charge in [-0.05, 0) is 81.6 Å². The van der Waals surface area contributed by atoms with Crippen LogP contribution in [0.25, 0.3) is 116 Å². The van der Waals surface area contributed by atoms with Gasteiger partial charge in [0.15, 0.2) is 0 Å². The second-order valence-corrected chi connectivity index (χ2v) is 19.2. The molecule has 0 unspecified atom stereocenters. The highest BCUT2D eigenvalue weighted by Gasteiger charge is 2.45. The van der Waals surface area contributed by atoms with Gasteiger partial charge >= 0.3 is 6.85 Å². The van der Waals surface area contributed by atoms with Crippen molar-refractivity contribution in [1.82, 2.24) is 4.57 Å². The zero-order chi connectivity index (χ0) is 43.6. The van der Waals surface area contributed by atoms with Gasteiger partial charge in [0.1, 0.15) is 33.7 Å². The van der Waals surface area contributed by atoms with E-state index in [4.69, 9.17) is 13.3 Å². The van der Waals surface area contributed by atoms with Gasteiger partial charge in [0.25, 0.3) is 0 Å². The third-order valence-corrected chi connectivity index (χ3v) is 14.5. The highest BCUT2D eigenvalue weighted by Crippen LogP contribution is 2.50. The largest absolute Gasteiger partial charge is 0.456 e. The Bertz CT molecular complexity index is 4200. The van der Waals surface area contributed by atoms with Crippen LogP contribution < -0.4 is 15.7 Å². The summed E-state index contributed by atoms with van der Waals surface area (Å²) < 4.78 is 23.0. The Morgan fingerprint density at radius 1 is 0.439 bits per heavy atom. The van der Waals surface area contributed by atoms with Crippen molar-refractivity contribution in [2.75, 3.05) is 4.81 Å². The molecular weight excluding hydrogens is 807 g/mol. The van der Waals surface area contributed by atoms with Crippen LogP contribution in [0.2, 0.25) is 0 Å². The Labute approximate surface area is 379 Å². The molecule has 2 aliphatic heterocycles. The second-order valence-electron chi connectivity index (χ2n) is 19.2. The van der Waals surface area contributed by atoms with E-state index in [9.17, 15) is 0 Å². The number of benzene rings is 9. The summed E-state index contributed by atoms with van der Waals surface area (Å²) in [6, 6.07) is 66.0. The van der Waals surface area contributed by atoms with Gasteiger partial charge in [0.2, 0.25) is 0 Å². The van der Waals surface area contributed by atoms with Gasteiger partial charge in [-0.1, -0.05) is 142 Å². The number of anilines is 2. The lowest BCUT2D eigenvalue weighted by atomic mass is 9.44. The predicted octanol–water partition coefficient (Wildman–Crippen LogP) is 15.2. The molecule has 2 aliphatic rings. The van der Waals surface area contributed by atoms with Crippen LogP contribution in [-0.2, 0) is 5.41 Å². The van der Waals surface area contributed by atoms with Crippen molar-refractivity contribution in [3.8, 4) is 39.3 Å². The van der Waals surface area contributed by atoms with Crippen molar-refractivity contribution in [3.63, 3.8) is 0 Å². The SMILES string of the molecule is CC(C)(C)c1ccc(N2B3c4cc5oc(-c6ccccc6)c(-c6ccccc6)c5cc4-n4c5cc6oc7ccccc7c6cc5c5ccc(c3c54)-c3cc4c(cc32)oc2ccccc24)cc1. The van der Waals surface area contributed by atoms with E-state index in [0.717, 1.165) is 105 Å². The number of aromatic nitrogens is 1. The van der Waals surface area contributed by atoms with Crippen molar-refractivity contribution in [1.29, 1.82) is 0 Å². The van der Waals surface area contributed by atoms with E-state index in [0.29, 0.717) is 0 Å². The Morgan fingerprint density at radius 3 is 1.79 bits per heavy atom. The molecule has 0 N–H and O–H groups in total. The topological polar surface area (TPSA) is 47.6 Å². The summed E-state index contributed by atoms with van der Waals surface area (Å²) in [7, 11) is 0. The van der Waals surface area contributed by atoms with Gasteiger partial charge in [0.05, 0.1) is 11.0 Å². The average Bonchev–Trinajstić information content (AvgIpc) is 4.10. The van der Waals surface area contributed by atoms with Crippen LogP contribution in [0, 0.1) is 0 Å². The van der Waals surface area contributed by atoms with Crippen molar-refractivity contribution in [2.45, 2.75) is 26.2 Å². The van der Waals surface area contributed by atoms with Crippen molar-refractivity contribution in [3.05, 3.63) is 188 Å². The van der Waals surface area contributed by atoms with Crippen molar-refractivity contribution < 1.29 is 13.3 Å². The van der Waals surface area contributed by atoms with E-state index in [2.05, 4.69) is 206 Å². The van der Waals surface area contributed by atoms with Crippen LogP contribution in [0.1, 0.15) is 26.3 Å². The first kappa shape index (κ1) is 36.2. The first-order chi connectivity index (χ1) is 32.4. The summed E-state index contributed by atoms with van der Waals surface area (Å²) in [4.78, 5) is 2.57. The van der Waals surface area contributed by atoms with E-state index < -0.39 is 0 Å². The maximum Gasteiger partial charge on any atom is 0.333 e. The van der Waals surface area contributed by atoms with Gasteiger partial charge in [-0.2, -0.15) is 0 Å². The third kappa shape index (κ3) is 4.80. The van der Waals surface area contributed by atoms with Crippen molar-refractivity contribution >= 4 is 106 Å². The van der Waals surface area contributed by atoms with Crippen LogP contribution >= 0.6 is 0 Å². The van der Waals surface area contributed by atoms with Crippen LogP contribution in [0.3, 0.4) is 0 Å². The van der Waals surface area contributed by atoms with E-state index in [1.807, 2.05) is 6.07 Å². The quantitative estimate of drug-likeness (QED) is 0.166. The Morgan fingerprint density at radius 2 is 1.08 bits per heavy atom. The minimum absolute atomic E-state index is 0.00175. The fourth-order valence-corrected chi connectivity index (χ4v) is 11.5. The Hall–Kier alpha value is -8.22. The summed E-state index contributed by atoms with van der Waals surface area (Å²) in [6.45, 7) is 6.62. The molecule has 15 rings (SSSR count). The number of hydrogen-bond acceptors (Lipinski definition) is 4. The van der Waals surface area contributed by atoms with Crippen LogP contribution in [0.15, 0.2) is 195 Å². The Balaban J connectivity index is 1.12. The molecule has 0 amide bonds. The lowest BCUT2D eigenvalue weighted by Crippen LogP contribution is -2.60. The van der Waals surface area contributed by atoms with Crippen LogP contribution in [-0.4, -0.2) is 11.4 Å². The summed E-state index contributed by atoms with van der Waals surface area (Å²) >= 11 is 0. The summed E-state index contributed by atoms with van der Waals surface area (Å²) in [5.74, 6) is 0.861. The smallest absolute Gasteiger partial charge is 0.333 e. The normalized spacial score (nSPS) is 13.3. The molecule has 9 aromatic carbocycles. The fraction of sp³-hybridized carbons (Fsp3) is 0.0667. The van der Waals surface area contributed by atoms with Gasteiger partial charge < -0.3 is 22.6 Å². The van der Waals surface area contributed by atoms with Gasteiger partial charge in [-0.3, -0.25) is 0 Å². The average molecular weight is 847 g/mol. The van der Waals surface area contributed by atoms with Gasteiger partial charge in [-0.25, -0.2) is 0 Å². The second kappa shape index (κ2) is 12.7. The molecule has 5 nitrogen and oxygen atoms in total. The molecule has 310 valence electrons. The molecule has 0 saturated heterocycles. The molecule has 0 spiro atoms. The number of furan rings is 3. The summed E-state index contributed by atoms with van der Waals surface area (Å²) in [5, 5.41) is 7.95. The maximum atomic E-state index is 7.17. The lowest BCUT2D eigenvalue weighted by molar-refractivity contribution is 0.590. The minimum Gasteiger partial charge on any atom is -0.456 e. The maximum absolute atomic E-state index is 7.17. The molecular formula is C60H39BN2O3. The third-order valence-electron chi connectivity index (χ3n) is 14.5. The molecule has 66 heavy (non-hydrogen) atoms. The number of fused-ring (bicyclic) bond motifs is 15. The predicted molar refractivity (Wildman–Crippen MR) is 274 cm³/mol. The number of rotatable bonds is 3. The first-order valence-electron chi connectivity index (χ1n) is 22.9. The number of para-hydroxylation sites is 2. The van der Waals surface area contributed by atoms with E-state index in [-0.39, 0.29) is 12.3 Å². The molecule has 0 fully saturated rings. The summed E-state index contributed by atoms with van der Waals surface area (Å²) in [6.07, 6.45) is 0. The van der Waals surface area contributed by atoms with Gasteiger partial charge in [-0.15, -0.1) is 0 Å². The monoisotopic (exact) mass is 846 g/mol. The number of nitrogens with zero attached hydrogens (tertiary/aromatic N) is 2. The summed E-state index contributed by atoms with van der Waals surface area (Å²) in [5.41, 5.74) is 19.4. The fourth-order valence-electron chi connectivity index (χ4n) is 11.5. The molecule has 0 radical (unpaired) electrons.